The summed E-state index contributed by atoms with van der Waals surface area (Å²) in [6, 6.07) is 4.37. The fourth-order valence-electron chi connectivity index (χ4n) is 3.08. The highest BCUT2D eigenvalue weighted by Gasteiger charge is 2.27. The Kier molecular flexibility index (Phi) is 5.64. The summed E-state index contributed by atoms with van der Waals surface area (Å²) in [6.45, 7) is 4.31. The van der Waals surface area contributed by atoms with Crippen molar-refractivity contribution in [3.8, 4) is 0 Å². The summed E-state index contributed by atoms with van der Waals surface area (Å²) < 4.78 is 5.43. The van der Waals surface area contributed by atoms with Crippen molar-refractivity contribution in [3.05, 3.63) is 22.4 Å². The van der Waals surface area contributed by atoms with Crippen molar-refractivity contribution < 1.29 is 14.3 Å². The number of ether oxygens (including phenoxy) is 1. The van der Waals surface area contributed by atoms with E-state index in [0.717, 1.165) is 26.3 Å². The third kappa shape index (κ3) is 4.31. The van der Waals surface area contributed by atoms with Crippen LogP contribution in [0.5, 0.6) is 0 Å². The molecule has 0 unspecified atom stereocenters. The van der Waals surface area contributed by atoms with Crippen LogP contribution in [0.2, 0.25) is 0 Å². The van der Waals surface area contributed by atoms with Gasteiger partial charge in [0, 0.05) is 37.5 Å². The fourth-order valence-corrected chi connectivity index (χ4v) is 3.94. The molecule has 0 radical (unpaired) electrons. The largest absolute Gasteiger partial charge is 0.379 e. The van der Waals surface area contributed by atoms with Crippen molar-refractivity contribution in [3.63, 3.8) is 0 Å². The molecule has 0 aliphatic carbocycles. The minimum atomic E-state index is -0.110. The Labute approximate surface area is 140 Å². The minimum absolute atomic E-state index is 0.0406. The first-order valence-electron chi connectivity index (χ1n) is 8.13. The van der Waals surface area contributed by atoms with Crippen LogP contribution in [0.4, 0.5) is 0 Å². The van der Waals surface area contributed by atoms with Crippen LogP contribution in [-0.2, 0) is 14.3 Å². The van der Waals surface area contributed by atoms with E-state index in [-0.39, 0.29) is 23.8 Å². The zero-order chi connectivity index (χ0) is 16.1. The third-order valence-electron chi connectivity index (χ3n) is 4.46. The second-order valence-corrected chi connectivity index (χ2v) is 6.94. The Morgan fingerprint density at radius 3 is 2.96 bits per heavy atom. The van der Waals surface area contributed by atoms with E-state index >= 15 is 0 Å². The lowest BCUT2D eigenvalue weighted by Crippen LogP contribution is -2.47. The molecule has 2 N–H and O–H groups in total. The number of nitrogens with one attached hydrogen (secondary N) is 2. The third-order valence-corrected chi connectivity index (χ3v) is 5.44. The maximum absolute atomic E-state index is 12.4. The summed E-state index contributed by atoms with van der Waals surface area (Å²) in [5, 5.41) is 7.92. The van der Waals surface area contributed by atoms with E-state index in [1.807, 2.05) is 6.07 Å². The first kappa shape index (κ1) is 16.4. The van der Waals surface area contributed by atoms with Gasteiger partial charge in [-0.15, -0.1) is 11.3 Å². The molecule has 6 nitrogen and oxygen atoms in total. The maximum atomic E-state index is 12.4. The van der Waals surface area contributed by atoms with Crippen LogP contribution in [0.3, 0.4) is 0 Å². The topological polar surface area (TPSA) is 70.7 Å². The highest BCUT2D eigenvalue weighted by Crippen LogP contribution is 2.25. The first-order chi connectivity index (χ1) is 11.2. The van der Waals surface area contributed by atoms with Gasteiger partial charge in [-0.1, -0.05) is 6.07 Å². The van der Waals surface area contributed by atoms with E-state index in [1.165, 1.54) is 4.88 Å². The summed E-state index contributed by atoms with van der Waals surface area (Å²) in [5.74, 6) is -0.0278. The van der Waals surface area contributed by atoms with Crippen molar-refractivity contribution >= 4 is 23.2 Å². The van der Waals surface area contributed by atoms with Gasteiger partial charge in [0.1, 0.15) is 0 Å². The number of carbonyl (C=O) groups excluding carboxylic acids is 2. The average Bonchev–Trinajstić information content (AvgIpc) is 3.11. The molecule has 1 aromatic heterocycles. The Morgan fingerprint density at radius 1 is 1.48 bits per heavy atom. The first-order valence-corrected chi connectivity index (χ1v) is 9.01. The van der Waals surface area contributed by atoms with Crippen molar-refractivity contribution in [2.24, 2.45) is 5.92 Å². The molecular weight excluding hydrogens is 314 g/mol. The Morgan fingerprint density at radius 2 is 2.30 bits per heavy atom. The number of rotatable bonds is 5. The summed E-state index contributed by atoms with van der Waals surface area (Å²) in [5.41, 5.74) is 0. The fraction of sp³-hybridized carbons (Fsp3) is 0.625. The predicted octanol–water partition coefficient (Wildman–Crippen LogP) is 0.764. The maximum Gasteiger partial charge on any atom is 0.224 e. The van der Waals surface area contributed by atoms with Gasteiger partial charge in [-0.05, 0) is 17.9 Å². The summed E-state index contributed by atoms with van der Waals surface area (Å²) in [7, 11) is 0. The van der Waals surface area contributed by atoms with E-state index in [9.17, 15) is 9.59 Å². The molecule has 0 spiro atoms. The molecule has 2 atom stereocenters. The molecule has 2 saturated heterocycles. The number of amides is 2. The van der Waals surface area contributed by atoms with Crippen molar-refractivity contribution in [1.29, 1.82) is 0 Å². The zero-order valence-corrected chi connectivity index (χ0v) is 13.9. The van der Waals surface area contributed by atoms with E-state index in [0.29, 0.717) is 25.9 Å². The van der Waals surface area contributed by atoms with Crippen LogP contribution < -0.4 is 10.6 Å². The van der Waals surface area contributed by atoms with Gasteiger partial charge in [0.15, 0.2) is 0 Å². The molecule has 2 aliphatic rings. The van der Waals surface area contributed by atoms with Crippen LogP contribution in [0.1, 0.15) is 23.8 Å². The smallest absolute Gasteiger partial charge is 0.224 e. The van der Waals surface area contributed by atoms with Gasteiger partial charge < -0.3 is 15.4 Å². The Bertz CT molecular complexity index is 519. The lowest BCUT2D eigenvalue weighted by atomic mass is 9.98. The number of hydrogen-bond donors (Lipinski definition) is 2. The average molecular weight is 337 g/mol. The summed E-state index contributed by atoms with van der Waals surface area (Å²) in [6.07, 6.45) is 1.08. The number of thiophene rings is 1. The number of hydrogen-bond acceptors (Lipinski definition) is 5. The quantitative estimate of drug-likeness (QED) is 0.832. The number of carbonyl (C=O) groups is 2. The van der Waals surface area contributed by atoms with Gasteiger partial charge in [-0.25, -0.2) is 0 Å². The number of nitrogens with zero attached hydrogens (tertiary/aromatic N) is 1. The van der Waals surface area contributed by atoms with E-state index in [2.05, 4.69) is 27.0 Å². The lowest BCUT2D eigenvalue weighted by molar-refractivity contribution is -0.129. The SMILES string of the molecule is O=C1CC[C@H](C(=O)NC[C@@H](c2cccs2)N2CCOCC2)CN1. The van der Waals surface area contributed by atoms with Crippen molar-refractivity contribution in [1.82, 2.24) is 15.5 Å². The van der Waals surface area contributed by atoms with Gasteiger partial charge in [0.25, 0.3) is 0 Å². The van der Waals surface area contributed by atoms with E-state index in [1.54, 1.807) is 11.3 Å². The highest BCUT2D eigenvalue weighted by atomic mass is 32.1. The highest BCUT2D eigenvalue weighted by molar-refractivity contribution is 7.10. The standard InChI is InChI=1S/C16H23N3O3S/c20-15-4-3-12(10-17-15)16(21)18-11-13(14-2-1-9-23-14)19-5-7-22-8-6-19/h1-2,9,12-13H,3-8,10-11H2,(H,17,20)(H,18,21)/t12-,13-/m0/s1. The Balaban J connectivity index is 1.57. The van der Waals surface area contributed by atoms with Crippen LogP contribution >= 0.6 is 11.3 Å². The Hall–Kier alpha value is -1.44. The molecule has 2 aliphatic heterocycles. The van der Waals surface area contributed by atoms with Crippen molar-refractivity contribution in [2.45, 2.75) is 18.9 Å². The molecule has 3 rings (SSSR count). The zero-order valence-electron chi connectivity index (χ0n) is 13.1. The molecule has 23 heavy (non-hydrogen) atoms. The molecule has 2 fully saturated rings. The lowest BCUT2D eigenvalue weighted by Gasteiger charge is -2.34. The van der Waals surface area contributed by atoms with Gasteiger partial charge in [0.05, 0.1) is 25.2 Å². The van der Waals surface area contributed by atoms with Gasteiger partial charge in [-0.3, -0.25) is 14.5 Å². The second kappa shape index (κ2) is 7.90. The van der Waals surface area contributed by atoms with Crippen molar-refractivity contribution in [2.75, 3.05) is 39.4 Å². The number of piperidine rings is 1. The second-order valence-electron chi connectivity index (χ2n) is 5.96. The minimum Gasteiger partial charge on any atom is -0.379 e. The van der Waals surface area contributed by atoms with Crippen LogP contribution in [0.25, 0.3) is 0 Å². The molecule has 3 heterocycles. The molecule has 2 amide bonds. The summed E-state index contributed by atoms with van der Waals surface area (Å²) >= 11 is 1.72. The van der Waals surface area contributed by atoms with Gasteiger partial charge in [0.2, 0.25) is 11.8 Å². The van der Waals surface area contributed by atoms with Crippen LogP contribution in [0, 0.1) is 5.92 Å². The summed E-state index contributed by atoms with van der Waals surface area (Å²) in [4.78, 5) is 27.2. The normalized spacial score (nSPS) is 24.0. The molecule has 0 aromatic carbocycles. The molecular formula is C16H23N3O3S. The van der Waals surface area contributed by atoms with E-state index < -0.39 is 0 Å². The van der Waals surface area contributed by atoms with Gasteiger partial charge in [-0.2, -0.15) is 0 Å². The van der Waals surface area contributed by atoms with Crippen LogP contribution in [0.15, 0.2) is 17.5 Å². The molecule has 0 saturated carbocycles. The van der Waals surface area contributed by atoms with Crippen LogP contribution in [-0.4, -0.2) is 56.1 Å². The van der Waals surface area contributed by atoms with E-state index in [4.69, 9.17) is 4.74 Å². The molecule has 126 valence electrons. The molecule has 0 bridgehead atoms. The molecule has 7 heteroatoms. The monoisotopic (exact) mass is 337 g/mol. The predicted molar refractivity (Wildman–Crippen MR) is 88.2 cm³/mol. The van der Waals surface area contributed by atoms with Gasteiger partial charge >= 0.3 is 0 Å². The number of morpholine rings is 1. The molecule has 1 aromatic rings.